The van der Waals surface area contributed by atoms with E-state index < -0.39 is 0 Å². The molecule has 2 bridgehead atoms. The number of para-hydroxylation sites is 2. The zero-order chi connectivity index (χ0) is 34.6. The van der Waals surface area contributed by atoms with Crippen molar-refractivity contribution < 1.29 is 9.90 Å². The Balaban J connectivity index is 0.860. The molecule has 1 saturated carbocycles. The predicted octanol–water partition coefficient (Wildman–Crippen LogP) is 6.77. The van der Waals surface area contributed by atoms with Gasteiger partial charge in [0, 0.05) is 68.4 Å². The summed E-state index contributed by atoms with van der Waals surface area (Å²) in [6.45, 7) is 8.00. The molecule has 1 amide bonds. The van der Waals surface area contributed by atoms with Gasteiger partial charge in [0.2, 0.25) is 5.91 Å². The zero-order valence-electron chi connectivity index (χ0n) is 29.7. The molecule has 51 heavy (non-hydrogen) atoms. The Kier molecular flexibility index (Phi) is 9.94. The summed E-state index contributed by atoms with van der Waals surface area (Å²) in [6, 6.07) is 30.9. The Hall–Kier alpha value is -4.43. The van der Waals surface area contributed by atoms with Gasteiger partial charge >= 0.3 is 0 Å². The lowest BCUT2D eigenvalue weighted by molar-refractivity contribution is -0.129. The van der Waals surface area contributed by atoms with Crippen LogP contribution in [0.4, 0.5) is 11.4 Å². The normalized spacial score (nSPS) is 23.6. The highest BCUT2D eigenvalue weighted by molar-refractivity contribution is 5.80. The molecule has 4 aliphatic rings. The molecule has 3 saturated heterocycles. The summed E-state index contributed by atoms with van der Waals surface area (Å²) in [4.78, 5) is 21.6. The van der Waals surface area contributed by atoms with E-state index in [4.69, 9.17) is 0 Å². The summed E-state index contributed by atoms with van der Waals surface area (Å²) in [5, 5.41) is 22.5. The van der Waals surface area contributed by atoms with Crippen molar-refractivity contribution in [1.82, 2.24) is 20.4 Å². The maximum atomic E-state index is 14.0. The summed E-state index contributed by atoms with van der Waals surface area (Å²) in [5.41, 5.74) is 4.91. The Bertz CT molecular complexity index is 1740. The van der Waals surface area contributed by atoms with Crippen molar-refractivity contribution in [2.45, 2.75) is 50.4 Å². The second-order valence-corrected chi connectivity index (χ2v) is 15.6. The van der Waals surface area contributed by atoms with Crippen LogP contribution in [0.3, 0.4) is 0 Å². The lowest BCUT2D eigenvalue weighted by atomic mass is 9.72. The first-order chi connectivity index (χ1) is 25.0. The molecule has 4 fully saturated rings. The van der Waals surface area contributed by atoms with Crippen LogP contribution in [-0.2, 0) is 10.2 Å². The van der Waals surface area contributed by atoms with Gasteiger partial charge in [-0.25, -0.2) is 0 Å². The summed E-state index contributed by atoms with van der Waals surface area (Å²) in [7, 11) is 0. The van der Waals surface area contributed by atoms with Crippen LogP contribution in [0.15, 0.2) is 97.2 Å². The molecule has 3 aliphatic heterocycles. The largest absolute Gasteiger partial charge is 0.507 e. The first kappa shape index (κ1) is 33.7. The Morgan fingerprint density at radius 1 is 0.784 bits per heavy atom. The molecule has 8 rings (SSSR count). The van der Waals surface area contributed by atoms with Gasteiger partial charge in [-0.3, -0.25) is 4.79 Å². The molecule has 0 radical (unpaired) electrons. The number of aromatic hydroxyl groups is 1. The number of likely N-dealkylation sites (tertiary alicyclic amines) is 1. The topological polar surface area (TPSA) is 84.8 Å². The fourth-order valence-electron chi connectivity index (χ4n) is 9.69. The van der Waals surface area contributed by atoms with E-state index >= 15 is 0 Å². The molecule has 4 aromatic rings. The minimum absolute atomic E-state index is 0.121. The highest BCUT2D eigenvalue weighted by Gasteiger charge is 2.46. The van der Waals surface area contributed by atoms with Crippen molar-refractivity contribution in [3.63, 3.8) is 0 Å². The fraction of sp³-hybridized carbons (Fsp3) is 0.465. The maximum absolute atomic E-state index is 14.0. The van der Waals surface area contributed by atoms with Gasteiger partial charge in [0.25, 0.3) is 0 Å². The first-order valence-electron chi connectivity index (χ1n) is 19.3. The molecular weight excluding hydrogens is 633 g/mol. The van der Waals surface area contributed by atoms with E-state index in [1.54, 1.807) is 6.07 Å². The Morgan fingerprint density at radius 3 is 2.14 bits per heavy atom. The predicted molar refractivity (Wildman–Crippen MR) is 204 cm³/mol. The van der Waals surface area contributed by atoms with Crippen LogP contribution in [0.25, 0.3) is 11.3 Å². The van der Waals surface area contributed by atoms with Crippen molar-refractivity contribution in [1.29, 1.82) is 0 Å². The Labute approximate surface area is 302 Å². The number of nitrogens with one attached hydrogen (secondary N) is 1. The highest BCUT2D eigenvalue weighted by atomic mass is 16.3. The van der Waals surface area contributed by atoms with Gasteiger partial charge in [-0.1, -0.05) is 60.7 Å². The van der Waals surface area contributed by atoms with Gasteiger partial charge in [-0.15, -0.1) is 0 Å². The van der Waals surface area contributed by atoms with Crippen molar-refractivity contribution >= 4 is 17.3 Å². The molecule has 0 spiro atoms. The third-order valence-electron chi connectivity index (χ3n) is 12.7. The number of fused-ring (bicyclic) bond motifs is 2. The van der Waals surface area contributed by atoms with E-state index in [0.29, 0.717) is 29.6 Å². The SMILES string of the molecule is O=C(NCC1(c2ccccc2)CCN(c2cnnc(-c3ccccc3O)c2)CC1)C1C2CCC1CN(CCC1CCN(c3ccccc3)CC1)C2. The lowest BCUT2D eigenvalue weighted by Gasteiger charge is -2.44. The number of phenolic OH excluding ortho intramolecular Hbond substituents is 1. The van der Waals surface area contributed by atoms with Crippen LogP contribution < -0.4 is 15.1 Å². The molecule has 1 aliphatic carbocycles. The van der Waals surface area contributed by atoms with E-state index in [2.05, 4.69) is 90.9 Å². The van der Waals surface area contributed by atoms with Crippen LogP contribution >= 0.6 is 0 Å². The number of aromatic nitrogens is 2. The number of carbonyl (C=O) groups is 1. The van der Waals surface area contributed by atoms with E-state index in [1.807, 2.05) is 30.5 Å². The summed E-state index contributed by atoms with van der Waals surface area (Å²) in [6.07, 6.45) is 9.87. The summed E-state index contributed by atoms with van der Waals surface area (Å²) in [5.74, 6) is 2.36. The smallest absolute Gasteiger partial charge is 0.223 e. The lowest BCUT2D eigenvalue weighted by Crippen LogP contribution is -2.52. The molecule has 2 atom stereocenters. The minimum Gasteiger partial charge on any atom is -0.507 e. The number of phenols is 1. The quantitative estimate of drug-likeness (QED) is 0.191. The van der Waals surface area contributed by atoms with Crippen LogP contribution in [0.5, 0.6) is 5.75 Å². The van der Waals surface area contributed by atoms with E-state index in [-0.39, 0.29) is 23.0 Å². The molecule has 266 valence electrons. The minimum atomic E-state index is -0.121. The number of anilines is 2. The second-order valence-electron chi connectivity index (χ2n) is 15.6. The van der Waals surface area contributed by atoms with Gasteiger partial charge in [-0.05, 0) is 105 Å². The van der Waals surface area contributed by atoms with Crippen LogP contribution in [0, 0.1) is 23.7 Å². The van der Waals surface area contributed by atoms with E-state index in [9.17, 15) is 9.90 Å². The molecule has 8 nitrogen and oxygen atoms in total. The van der Waals surface area contributed by atoms with Gasteiger partial charge in [0.05, 0.1) is 17.6 Å². The second kappa shape index (κ2) is 15.0. The van der Waals surface area contributed by atoms with Gasteiger partial charge in [-0.2, -0.15) is 10.2 Å². The fourth-order valence-corrected chi connectivity index (χ4v) is 9.69. The van der Waals surface area contributed by atoms with E-state index in [0.717, 1.165) is 63.7 Å². The third-order valence-corrected chi connectivity index (χ3v) is 12.7. The van der Waals surface area contributed by atoms with E-state index in [1.165, 1.54) is 49.9 Å². The average Bonchev–Trinajstić information content (AvgIpc) is 3.46. The maximum Gasteiger partial charge on any atom is 0.223 e. The van der Waals surface area contributed by atoms with Crippen molar-refractivity contribution in [2.24, 2.45) is 23.7 Å². The van der Waals surface area contributed by atoms with Crippen LogP contribution in [0.2, 0.25) is 0 Å². The molecule has 4 heterocycles. The van der Waals surface area contributed by atoms with Gasteiger partial charge < -0.3 is 25.1 Å². The molecule has 2 unspecified atom stereocenters. The highest BCUT2D eigenvalue weighted by Crippen LogP contribution is 2.43. The molecule has 2 N–H and O–H groups in total. The van der Waals surface area contributed by atoms with Crippen molar-refractivity contribution in [2.75, 3.05) is 62.2 Å². The summed E-state index contributed by atoms with van der Waals surface area (Å²) < 4.78 is 0. The number of hydrogen-bond acceptors (Lipinski definition) is 7. The molecular formula is C43H52N6O2. The number of piperidine rings is 3. The number of amides is 1. The zero-order valence-corrected chi connectivity index (χ0v) is 29.7. The standard InChI is InChI=1S/C43H52N6O2/c50-40-14-8-7-13-38(40)39-27-37(28-45-46-39)49-25-20-43(21-26-49,35-9-3-1-4-10-35)31-44-42(51)41-33-15-16-34(41)30-47(29-33)22-17-32-18-23-48(24-19-32)36-11-5-2-6-12-36/h1-14,27-28,32-34,41,50H,15-26,29-31H2,(H,44,51). The molecule has 1 aromatic heterocycles. The number of rotatable bonds is 10. The number of carbonyl (C=O) groups excluding carboxylic acids is 1. The third kappa shape index (κ3) is 7.34. The Morgan fingerprint density at radius 2 is 1.43 bits per heavy atom. The number of hydrogen-bond donors (Lipinski definition) is 2. The van der Waals surface area contributed by atoms with Crippen molar-refractivity contribution in [3.05, 3.63) is 103 Å². The van der Waals surface area contributed by atoms with Crippen LogP contribution in [-0.4, -0.2) is 78.5 Å². The summed E-state index contributed by atoms with van der Waals surface area (Å²) >= 11 is 0. The number of nitrogens with zero attached hydrogens (tertiary/aromatic N) is 5. The van der Waals surface area contributed by atoms with Crippen LogP contribution in [0.1, 0.15) is 50.5 Å². The monoisotopic (exact) mass is 684 g/mol. The first-order valence-corrected chi connectivity index (χ1v) is 19.3. The van der Waals surface area contributed by atoms with Crippen molar-refractivity contribution in [3.8, 4) is 17.0 Å². The van der Waals surface area contributed by atoms with Gasteiger partial charge in [0.1, 0.15) is 5.75 Å². The average molecular weight is 685 g/mol. The molecule has 3 aromatic carbocycles. The molecule has 8 heteroatoms. The number of benzene rings is 3. The van der Waals surface area contributed by atoms with Gasteiger partial charge in [0.15, 0.2) is 0 Å².